The van der Waals surface area contributed by atoms with Gasteiger partial charge in [-0.1, -0.05) is 111 Å². The summed E-state index contributed by atoms with van der Waals surface area (Å²) >= 11 is 1.41. The van der Waals surface area contributed by atoms with Crippen LogP contribution in [0.5, 0.6) is 0 Å². The molecule has 0 aliphatic carbocycles. The molecule has 0 saturated heterocycles. The van der Waals surface area contributed by atoms with Gasteiger partial charge in [0.05, 0.1) is 5.75 Å². The van der Waals surface area contributed by atoms with Crippen LogP contribution in [0.3, 0.4) is 0 Å². The molecule has 5 aromatic rings. The molecule has 0 radical (unpaired) electrons. The third-order valence-corrected chi connectivity index (χ3v) is 6.99. The summed E-state index contributed by atoms with van der Waals surface area (Å²) < 4.78 is 2.03. The van der Waals surface area contributed by atoms with Crippen molar-refractivity contribution in [2.24, 2.45) is 0 Å². The highest BCUT2D eigenvalue weighted by Crippen LogP contribution is 2.30. The first-order valence-corrected chi connectivity index (χ1v) is 12.7. The van der Waals surface area contributed by atoms with Crippen LogP contribution in [0.15, 0.2) is 102 Å². The Bertz CT molecular complexity index is 1480. The van der Waals surface area contributed by atoms with Gasteiger partial charge in [0, 0.05) is 16.8 Å². The van der Waals surface area contributed by atoms with Crippen molar-refractivity contribution < 1.29 is 4.79 Å². The minimum atomic E-state index is 0.0689. The summed E-state index contributed by atoms with van der Waals surface area (Å²) in [6.45, 7) is 6.61. The van der Waals surface area contributed by atoms with Gasteiger partial charge in [0.25, 0.3) is 0 Å². The number of carbonyl (C=O) groups is 1. The zero-order chi connectivity index (χ0) is 24.4. The Hall–Kier alpha value is -3.70. The lowest BCUT2D eigenvalue weighted by Gasteiger charge is -2.19. The molecule has 5 heteroatoms. The van der Waals surface area contributed by atoms with Crippen molar-refractivity contribution in [1.29, 1.82) is 0 Å². The third-order valence-electron chi connectivity index (χ3n) is 6.06. The first-order valence-electron chi connectivity index (χ1n) is 11.7. The first-order chi connectivity index (χ1) is 16.9. The van der Waals surface area contributed by atoms with Gasteiger partial charge in [-0.2, -0.15) is 0 Å². The normalized spacial score (nSPS) is 11.6. The monoisotopic (exact) mass is 477 g/mol. The second-order valence-corrected chi connectivity index (χ2v) is 10.5. The number of carbonyl (C=O) groups excluding carboxylic acids is 1. The number of Topliss-reactive ketones (excluding diaryl/α,β-unsaturated/α-hetero) is 1. The molecule has 0 fully saturated rings. The van der Waals surface area contributed by atoms with Crippen LogP contribution in [0.2, 0.25) is 0 Å². The van der Waals surface area contributed by atoms with Crippen molar-refractivity contribution in [3.05, 3.63) is 108 Å². The maximum absolute atomic E-state index is 13.0. The molecule has 5 rings (SSSR count). The molecule has 0 bridgehead atoms. The Balaban J connectivity index is 1.45. The molecule has 4 nitrogen and oxygen atoms in total. The van der Waals surface area contributed by atoms with Crippen molar-refractivity contribution in [2.45, 2.75) is 31.3 Å². The van der Waals surface area contributed by atoms with E-state index in [2.05, 4.69) is 61.3 Å². The molecule has 0 aliphatic rings. The molecular weight excluding hydrogens is 450 g/mol. The van der Waals surface area contributed by atoms with E-state index >= 15 is 0 Å². The standard InChI is InChI=1S/C30H27N3OS/c1-30(2,3)25-17-15-22(16-18-25)28-31-32-29(33(28)26-11-5-4-6-12-26)35-20-27(34)24-14-13-21-9-7-8-10-23(21)19-24/h4-19H,20H2,1-3H3. The minimum Gasteiger partial charge on any atom is -0.293 e. The molecule has 0 amide bonds. The molecule has 1 aromatic heterocycles. The second-order valence-electron chi connectivity index (χ2n) is 9.58. The van der Waals surface area contributed by atoms with Crippen molar-refractivity contribution in [1.82, 2.24) is 14.8 Å². The fraction of sp³-hybridized carbons (Fsp3) is 0.167. The van der Waals surface area contributed by atoms with E-state index in [-0.39, 0.29) is 17.0 Å². The van der Waals surface area contributed by atoms with Gasteiger partial charge in [-0.25, -0.2) is 0 Å². The second kappa shape index (κ2) is 9.51. The van der Waals surface area contributed by atoms with Crippen LogP contribution in [0.1, 0.15) is 36.7 Å². The summed E-state index contributed by atoms with van der Waals surface area (Å²) in [6, 6.07) is 32.5. The van der Waals surface area contributed by atoms with Crippen LogP contribution in [0.25, 0.3) is 27.8 Å². The van der Waals surface area contributed by atoms with Crippen LogP contribution < -0.4 is 0 Å². The van der Waals surface area contributed by atoms with E-state index in [1.54, 1.807) is 0 Å². The van der Waals surface area contributed by atoms with Gasteiger partial charge in [0.1, 0.15) is 0 Å². The zero-order valence-corrected chi connectivity index (χ0v) is 20.9. The van der Waals surface area contributed by atoms with Gasteiger partial charge < -0.3 is 0 Å². The fourth-order valence-electron chi connectivity index (χ4n) is 4.06. The Morgan fingerprint density at radius 3 is 2.20 bits per heavy atom. The Morgan fingerprint density at radius 2 is 1.49 bits per heavy atom. The summed E-state index contributed by atoms with van der Waals surface area (Å²) in [5, 5.41) is 11.9. The number of benzene rings is 4. The summed E-state index contributed by atoms with van der Waals surface area (Å²) in [5.74, 6) is 1.11. The number of aromatic nitrogens is 3. The van der Waals surface area contributed by atoms with Gasteiger partial charge in [-0.05, 0) is 39.9 Å². The van der Waals surface area contributed by atoms with E-state index in [1.165, 1.54) is 17.3 Å². The summed E-state index contributed by atoms with van der Waals surface area (Å²) in [6.07, 6.45) is 0. The molecule has 0 spiro atoms. The minimum absolute atomic E-state index is 0.0689. The van der Waals surface area contributed by atoms with E-state index in [9.17, 15) is 4.79 Å². The zero-order valence-electron chi connectivity index (χ0n) is 20.1. The SMILES string of the molecule is CC(C)(C)c1ccc(-c2nnc(SCC(=O)c3ccc4ccccc4c3)n2-c2ccccc2)cc1. The van der Waals surface area contributed by atoms with Crippen LogP contribution in [0, 0.1) is 0 Å². The van der Waals surface area contributed by atoms with Gasteiger partial charge in [0.15, 0.2) is 16.8 Å². The van der Waals surface area contributed by atoms with Crippen LogP contribution in [-0.4, -0.2) is 26.3 Å². The van der Waals surface area contributed by atoms with Crippen molar-refractivity contribution in [3.63, 3.8) is 0 Å². The average Bonchev–Trinajstić information content (AvgIpc) is 3.31. The van der Waals surface area contributed by atoms with Crippen molar-refractivity contribution in [2.75, 3.05) is 5.75 Å². The number of hydrogen-bond donors (Lipinski definition) is 0. The molecule has 4 aromatic carbocycles. The highest BCUT2D eigenvalue weighted by atomic mass is 32.2. The van der Waals surface area contributed by atoms with E-state index in [0.29, 0.717) is 10.7 Å². The van der Waals surface area contributed by atoms with Gasteiger partial charge in [-0.3, -0.25) is 9.36 Å². The molecule has 0 N–H and O–H groups in total. The highest BCUT2D eigenvalue weighted by Gasteiger charge is 2.19. The Morgan fingerprint density at radius 1 is 0.800 bits per heavy atom. The maximum Gasteiger partial charge on any atom is 0.196 e. The number of rotatable bonds is 6. The van der Waals surface area contributed by atoms with E-state index in [0.717, 1.165) is 27.8 Å². The topological polar surface area (TPSA) is 47.8 Å². The number of nitrogens with zero attached hydrogens (tertiary/aromatic N) is 3. The predicted molar refractivity (Wildman–Crippen MR) is 144 cm³/mol. The van der Waals surface area contributed by atoms with Gasteiger partial charge in [-0.15, -0.1) is 10.2 Å². The molecule has 174 valence electrons. The fourth-order valence-corrected chi connectivity index (χ4v) is 4.90. The highest BCUT2D eigenvalue weighted by molar-refractivity contribution is 7.99. The van der Waals surface area contributed by atoms with E-state index in [4.69, 9.17) is 0 Å². The number of fused-ring (bicyclic) bond motifs is 1. The largest absolute Gasteiger partial charge is 0.293 e. The van der Waals surface area contributed by atoms with Gasteiger partial charge >= 0.3 is 0 Å². The number of thioether (sulfide) groups is 1. The summed E-state index contributed by atoms with van der Waals surface area (Å²) in [4.78, 5) is 13.0. The third kappa shape index (κ3) is 4.91. The number of hydrogen-bond acceptors (Lipinski definition) is 4. The lowest BCUT2D eigenvalue weighted by molar-refractivity contribution is 0.102. The maximum atomic E-state index is 13.0. The Kier molecular flexibility index (Phi) is 6.27. The van der Waals surface area contributed by atoms with Crippen molar-refractivity contribution >= 4 is 28.3 Å². The van der Waals surface area contributed by atoms with Crippen molar-refractivity contribution in [3.8, 4) is 17.1 Å². The number of ketones is 1. The van der Waals surface area contributed by atoms with E-state index in [1.807, 2.05) is 71.3 Å². The quantitative estimate of drug-likeness (QED) is 0.189. The summed E-state index contributed by atoms with van der Waals surface area (Å²) in [5.41, 5.74) is 4.01. The molecule has 0 atom stereocenters. The molecule has 0 unspecified atom stereocenters. The molecule has 0 saturated carbocycles. The summed E-state index contributed by atoms with van der Waals surface area (Å²) in [7, 11) is 0. The average molecular weight is 478 g/mol. The lowest BCUT2D eigenvalue weighted by Crippen LogP contribution is -2.10. The lowest BCUT2D eigenvalue weighted by atomic mass is 9.87. The number of para-hydroxylation sites is 1. The van der Waals surface area contributed by atoms with Crippen LogP contribution in [0.4, 0.5) is 0 Å². The molecule has 35 heavy (non-hydrogen) atoms. The molecule has 1 heterocycles. The van der Waals surface area contributed by atoms with Crippen LogP contribution in [-0.2, 0) is 5.41 Å². The van der Waals surface area contributed by atoms with Gasteiger partial charge in [0.2, 0.25) is 0 Å². The predicted octanol–water partition coefficient (Wildman–Crippen LogP) is 7.36. The molecule has 0 aliphatic heterocycles. The molecular formula is C30H27N3OS. The first kappa shape index (κ1) is 23.1. The smallest absolute Gasteiger partial charge is 0.196 e. The van der Waals surface area contributed by atoms with E-state index < -0.39 is 0 Å². The van der Waals surface area contributed by atoms with Crippen LogP contribution >= 0.6 is 11.8 Å². The Labute approximate surface area is 210 Å².